The summed E-state index contributed by atoms with van der Waals surface area (Å²) in [6.07, 6.45) is 0.399. The van der Waals surface area contributed by atoms with Crippen molar-refractivity contribution in [1.29, 1.82) is 0 Å². The van der Waals surface area contributed by atoms with E-state index in [0.29, 0.717) is 22.8 Å². The second-order valence-corrected chi connectivity index (χ2v) is 5.78. The number of quaternary nitrogens is 2. The predicted octanol–water partition coefficient (Wildman–Crippen LogP) is 1.34. The van der Waals surface area contributed by atoms with E-state index in [0.717, 1.165) is 5.56 Å². The molecule has 2 aromatic rings. The molecule has 2 unspecified atom stereocenters. The number of hydrogen-bond donors (Lipinski definition) is 2. The number of para-hydroxylation sites is 2. The molecule has 0 fully saturated rings. The van der Waals surface area contributed by atoms with Crippen molar-refractivity contribution in [3.8, 4) is 0 Å². The lowest BCUT2D eigenvalue weighted by atomic mass is 10.0. The summed E-state index contributed by atoms with van der Waals surface area (Å²) >= 11 is 5.86. The molecule has 0 aliphatic carbocycles. The Labute approximate surface area is 122 Å². The molecule has 0 aromatic heterocycles. The van der Waals surface area contributed by atoms with Crippen LogP contribution in [0.15, 0.2) is 48.5 Å². The van der Waals surface area contributed by atoms with Gasteiger partial charge in [0.25, 0.3) is 0 Å². The van der Waals surface area contributed by atoms with Gasteiger partial charge in [0, 0.05) is 24.1 Å². The molecule has 0 bridgehead atoms. The maximum absolute atomic E-state index is 12.6. The van der Waals surface area contributed by atoms with Gasteiger partial charge in [0.15, 0.2) is 11.4 Å². The van der Waals surface area contributed by atoms with Crippen LogP contribution in [0.2, 0.25) is 5.02 Å². The molecule has 5 heteroatoms. The van der Waals surface area contributed by atoms with E-state index in [-0.39, 0.29) is 10.1 Å². The van der Waals surface area contributed by atoms with E-state index in [1.54, 1.807) is 43.3 Å². The molecule has 4 nitrogen and oxygen atoms in total. The highest BCUT2D eigenvalue weighted by Crippen LogP contribution is 2.22. The normalized spacial score (nSPS) is 28.4. The molecule has 104 valence electrons. The van der Waals surface area contributed by atoms with Crippen LogP contribution >= 0.6 is 11.6 Å². The van der Waals surface area contributed by atoms with Crippen molar-refractivity contribution >= 4 is 23.0 Å². The van der Waals surface area contributed by atoms with Gasteiger partial charge in [-0.05, 0) is 17.7 Å². The number of nitrogens with one attached hydrogen (secondary N) is 2. The Kier molecular flexibility index (Phi) is 3.28. The Balaban J connectivity index is 1.95. The van der Waals surface area contributed by atoms with Crippen molar-refractivity contribution in [2.75, 3.05) is 0 Å². The summed E-state index contributed by atoms with van der Waals surface area (Å²) in [5, 5.41) is 25.6. The number of benzene rings is 2. The van der Waals surface area contributed by atoms with Gasteiger partial charge in [-0.3, -0.25) is 10.1 Å². The fraction of sp³-hybridized carbons (Fsp3) is 0.200. The van der Waals surface area contributed by atoms with Crippen molar-refractivity contribution in [1.82, 2.24) is 0 Å². The molecule has 1 heterocycles. The van der Waals surface area contributed by atoms with Gasteiger partial charge in [0.1, 0.15) is 0 Å². The molecule has 0 amide bonds. The van der Waals surface area contributed by atoms with E-state index in [9.17, 15) is 10.4 Å². The maximum atomic E-state index is 12.6. The zero-order valence-corrected chi connectivity index (χ0v) is 11.8. The number of rotatable bonds is 2. The molecule has 3 rings (SSSR count). The third-order valence-corrected chi connectivity index (χ3v) is 4.14. The van der Waals surface area contributed by atoms with E-state index in [4.69, 9.17) is 11.6 Å². The van der Waals surface area contributed by atoms with Gasteiger partial charge in [-0.2, -0.15) is 0 Å². The van der Waals surface area contributed by atoms with E-state index in [1.165, 1.54) is 0 Å². The van der Waals surface area contributed by atoms with Crippen molar-refractivity contribution < 1.29 is 10.1 Å². The Bertz CT molecular complexity index is 601. The van der Waals surface area contributed by atoms with E-state index in [1.807, 2.05) is 12.1 Å². The molecule has 2 aromatic carbocycles. The summed E-state index contributed by atoms with van der Waals surface area (Å²) in [6, 6.07) is 14.3. The first-order valence-electron chi connectivity index (χ1n) is 6.45. The fourth-order valence-corrected chi connectivity index (χ4v) is 2.87. The topological polar surface area (TPSA) is 55.0 Å². The average molecular weight is 291 g/mol. The summed E-state index contributed by atoms with van der Waals surface area (Å²) in [5.74, 6) is 0. The summed E-state index contributed by atoms with van der Waals surface area (Å²) < 4.78 is 0. The molecule has 20 heavy (non-hydrogen) atoms. The van der Waals surface area contributed by atoms with Gasteiger partial charge < -0.3 is 10.4 Å². The average Bonchev–Trinajstić information content (AvgIpc) is 2.65. The Morgan fingerprint density at radius 1 is 0.950 bits per heavy atom. The van der Waals surface area contributed by atoms with Crippen LogP contribution in [-0.4, -0.2) is 5.66 Å². The molecule has 0 saturated carbocycles. The first kappa shape index (κ1) is 13.5. The van der Waals surface area contributed by atoms with Crippen LogP contribution in [0.25, 0.3) is 0 Å². The van der Waals surface area contributed by atoms with Gasteiger partial charge in [-0.1, -0.05) is 35.9 Å². The van der Waals surface area contributed by atoms with Gasteiger partial charge in [0.2, 0.25) is 5.66 Å². The second-order valence-electron chi connectivity index (χ2n) is 5.34. The molecule has 1 aliphatic rings. The van der Waals surface area contributed by atoms with Gasteiger partial charge in [0.05, 0.1) is 6.42 Å². The van der Waals surface area contributed by atoms with E-state index < -0.39 is 5.66 Å². The zero-order valence-electron chi connectivity index (χ0n) is 11.0. The monoisotopic (exact) mass is 290 g/mol. The third kappa shape index (κ3) is 2.02. The van der Waals surface area contributed by atoms with Gasteiger partial charge in [-0.15, -0.1) is 0 Å². The number of hydrogen-bond acceptors (Lipinski definition) is 2. The first-order valence-corrected chi connectivity index (χ1v) is 6.83. The summed E-state index contributed by atoms with van der Waals surface area (Å²) in [4.78, 5) is 0. The minimum Gasteiger partial charge on any atom is -0.624 e. The molecule has 0 saturated heterocycles. The zero-order chi connectivity index (χ0) is 14.3. The molecule has 2 N–H and O–H groups in total. The lowest BCUT2D eigenvalue weighted by Gasteiger charge is -2.38. The third-order valence-electron chi connectivity index (χ3n) is 3.89. The van der Waals surface area contributed by atoms with Crippen LogP contribution in [-0.2, 0) is 6.42 Å². The Morgan fingerprint density at radius 2 is 1.45 bits per heavy atom. The Morgan fingerprint density at radius 3 is 1.95 bits per heavy atom. The van der Waals surface area contributed by atoms with Crippen molar-refractivity contribution in [2.45, 2.75) is 19.0 Å². The lowest BCUT2D eigenvalue weighted by molar-refractivity contribution is -1.03. The molecule has 1 aliphatic heterocycles. The van der Waals surface area contributed by atoms with Crippen LogP contribution in [0, 0.1) is 10.4 Å². The lowest BCUT2D eigenvalue weighted by Crippen LogP contribution is -3.29. The highest BCUT2D eigenvalue weighted by Gasteiger charge is 2.48. The summed E-state index contributed by atoms with van der Waals surface area (Å²) in [6.45, 7) is 1.73. The SMILES string of the molecule is CC1(Cc2ccc(Cl)cc2)[NH+]([O-])c2ccccc2[NH+]1[O-]. The second kappa shape index (κ2) is 4.84. The largest absolute Gasteiger partial charge is 0.624 e. The highest BCUT2D eigenvalue weighted by atomic mass is 35.5. The number of halogens is 1. The van der Waals surface area contributed by atoms with Crippen molar-refractivity contribution in [3.05, 3.63) is 69.5 Å². The molecular weight excluding hydrogens is 276 g/mol. The van der Waals surface area contributed by atoms with Gasteiger partial charge in [-0.25, -0.2) is 0 Å². The molecule has 2 atom stereocenters. The highest BCUT2D eigenvalue weighted by molar-refractivity contribution is 6.30. The molecular formula is C15H15ClN2O2. The van der Waals surface area contributed by atoms with Gasteiger partial charge >= 0.3 is 0 Å². The van der Waals surface area contributed by atoms with Crippen LogP contribution in [0.5, 0.6) is 0 Å². The molecule has 0 spiro atoms. The smallest absolute Gasteiger partial charge is 0.232 e. The van der Waals surface area contributed by atoms with Crippen molar-refractivity contribution in [2.24, 2.45) is 0 Å². The number of hydroxylamine groups is 2. The van der Waals surface area contributed by atoms with Crippen LogP contribution in [0.3, 0.4) is 0 Å². The minimum atomic E-state index is -1.00. The van der Waals surface area contributed by atoms with E-state index in [2.05, 4.69) is 0 Å². The molecule has 0 radical (unpaired) electrons. The van der Waals surface area contributed by atoms with Crippen molar-refractivity contribution in [3.63, 3.8) is 0 Å². The standard InChI is InChI=1S/C15H15ClN2O2/c1-15(10-11-6-8-12(16)9-7-11)17(19)13-4-2-3-5-14(13)18(15)20/h2-9,17-18H,10H2,1H3. The van der Waals surface area contributed by atoms with Crippen LogP contribution < -0.4 is 10.1 Å². The minimum absolute atomic E-state index is 0.0898. The fourth-order valence-electron chi connectivity index (χ4n) is 2.75. The Hall–Kier alpha value is -1.43. The van der Waals surface area contributed by atoms with Crippen LogP contribution in [0.1, 0.15) is 12.5 Å². The van der Waals surface area contributed by atoms with Crippen LogP contribution in [0.4, 0.5) is 11.4 Å². The predicted molar refractivity (Wildman–Crippen MR) is 78.0 cm³/mol. The number of fused-ring (bicyclic) bond motifs is 1. The summed E-state index contributed by atoms with van der Waals surface area (Å²) in [7, 11) is 0. The van der Waals surface area contributed by atoms with E-state index >= 15 is 0 Å². The maximum Gasteiger partial charge on any atom is 0.232 e. The first-order chi connectivity index (χ1) is 9.52. The summed E-state index contributed by atoms with van der Waals surface area (Å²) in [5.41, 5.74) is 1.01. The quantitative estimate of drug-likeness (QED) is 0.820.